The highest BCUT2D eigenvalue weighted by atomic mass is 19.1. The number of ether oxygens (including phenoxy) is 2. The Morgan fingerprint density at radius 1 is 1.35 bits per heavy atom. The monoisotopic (exact) mass is 275 g/mol. The number of aromatic nitrogens is 2. The summed E-state index contributed by atoms with van der Waals surface area (Å²) in [6.07, 6.45) is 0.920. The fraction of sp³-hybridized carbons (Fsp3) is 0.0833. The number of halogens is 1. The van der Waals surface area contributed by atoms with E-state index in [1.807, 2.05) is 6.07 Å². The molecule has 8 heteroatoms. The molecule has 0 atom stereocenters. The van der Waals surface area contributed by atoms with Crippen LogP contribution in [0.2, 0.25) is 0 Å². The van der Waals surface area contributed by atoms with Crippen molar-refractivity contribution in [1.82, 2.24) is 9.97 Å². The SMILES string of the molecule is COc1cc(C#N)cc(Oc2nc(NN)ncc2F)c1. The zero-order valence-electron chi connectivity index (χ0n) is 10.4. The van der Waals surface area contributed by atoms with Gasteiger partial charge in [-0.1, -0.05) is 0 Å². The molecule has 0 unspecified atom stereocenters. The largest absolute Gasteiger partial charge is 0.497 e. The van der Waals surface area contributed by atoms with E-state index in [0.29, 0.717) is 11.3 Å². The maximum absolute atomic E-state index is 13.5. The highest BCUT2D eigenvalue weighted by Crippen LogP contribution is 2.27. The second-order valence-electron chi connectivity index (χ2n) is 3.60. The number of hydrazine groups is 1. The van der Waals surface area contributed by atoms with Crippen LogP contribution in [0.3, 0.4) is 0 Å². The van der Waals surface area contributed by atoms with E-state index in [1.54, 1.807) is 0 Å². The summed E-state index contributed by atoms with van der Waals surface area (Å²) in [6, 6.07) is 6.40. The van der Waals surface area contributed by atoms with E-state index in [0.717, 1.165) is 6.20 Å². The van der Waals surface area contributed by atoms with Crippen LogP contribution in [-0.4, -0.2) is 17.1 Å². The van der Waals surface area contributed by atoms with Gasteiger partial charge in [0.15, 0.2) is 0 Å². The van der Waals surface area contributed by atoms with Crippen LogP contribution >= 0.6 is 0 Å². The molecule has 3 N–H and O–H groups in total. The van der Waals surface area contributed by atoms with Crippen LogP contribution in [-0.2, 0) is 0 Å². The minimum Gasteiger partial charge on any atom is -0.497 e. The van der Waals surface area contributed by atoms with Crippen LogP contribution in [0.5, 0.6) is 17.4 Å². The van der Waals surface area contributed by atoms with Crippen LogP contribution in [0.4, 0.5) is 10.3 Å². The summed E-state index contributed by atoms with van der Waals surface area (Å²) in [6.45, 7) is 0. The lowest BCUT2D eigenvalue weighted by molar-refractivity contribution is 0.399. The van der Waals surface area contributed by atoms with Gasteiger partial charge in [-0.3, -0.25) is 5.43 Å². The third-order valence-electron chi connectivity index (χ3n) is 2.30. The van der Waals surface area contributed by atoms with Crippen LogP contribution < -0.4 is 20.7 Å². The minimum absolute atomic E-state index is 0.00445. The number of nitriles is 1. The smallest absolute Gasteiger partial charge is 0.260 e. The third-order valence-corrected chi connectivity index (χ3v) is 2.30. The molecule has 2 aromatic rings. The van der Waals surface area contributed by atoms with Gasteiger partial charge in [0.1, 0.15) is 11.5 Å². The summed E-state index contributed by atoms with van der Waals surface area (Å²) in [4.78, 5) is 7.32. The van der Waals surface area contributed by atoms with Crippen molar-refractivity contribution in [2.75, 3.05) is 12.5 Å². The molecule has 102 valence electrons. The number of nitrogens with one attached hydrogen (secondary N) is 1. The van der Waals surface area contributed by atoms with E-state index in [2.05, 4.69) is 15.4 Å². The highest BCUT2D eigenvalue weighted by molar-refractivity contribution is 5.45. The van der Waals surface area contributed by atoms with Crippen LogP contribution in [0.25, 0.3) is 0 Å². The maximum Gasteiger partial charge on any atom is 0.260 e. The Balaban J connectivity index is 2.37. The number of nitrogen functional groups attached to an aromatic ring is 1. The van der Waals surface area contributed by atoms with E-state index >= 15 is 0 Å². The maximum atomic E-state index is 13.5. The molecule has 0 spiro atoms. The zero-order valence-corrected chi connectivity index (χ0v) is 10.4. The molecule has 0 aliphatic rings. The summed E-state index contributed by atoms with van der Waals surface area (Å²) in [5, 5.41) is 8.90. The first-order valence-corrected chi connectivity index (χ1v) is 5.42. The third kappa shape index (κ3) is 2.90. The molecule has 1 aromatic carbocycles. The van der Waals surface area contributed by atoms with Gasteiger partial charge in [0, 0.05) is 6.07 Å². The molecule has 20 heavy (non-hydrogen) atoms. The molecule has 1 aromatic heterocycles. The van der Waals surface area contributed by atoms with E-state index in [4.69, 9.17) is 20.6 Å². The van der Waals surface area contributed by atoms with Gasteiger partial charge in [-0.25, -0.2) is 10.8 Å². The molecule has 0 radical (unpaired) electrons. The minimum atomic E-state index is -0.759. The molecular formula is C12H10FN5O2. The Morgan fingerprint density at radius 3 is 2.75 bits per heavy atom. The number of hydrogen-bond acceptors (Lipinski definition) is 7. The standard InChI is InChI=1S/C12H10FN5O2/c1-19-8-2-7(5-14)3-9(4-8)20-11-10(13)6-16-12(17-11)18-15/h2-4,6H,15H2,1H3,(H,16,17,18). The van der Waals surface area contributed by atoms with Crippen molar-refractivity contribution in [3.8, 4) is 23.4 Å². The van der Waals surface area contributed by atoms with E-state index in [9.17, 15) is 4.39 Å². The Hall–Kier alpha value is -2.92. The number of rotatable bonds is 4. The molecule has 2 rings (SSSR count). The molecule has 1 heterocycles. The van der Waals surface area contributed by atoms with Crippen LogP contribution in [0.1, 0.15) is 5.56 Å². The van der Waals surface area contributed by atoms with Crippen molar-refractivity contribution in [2.45, 2.75) is 0 Å². The normalized spacial score (nSPS) is 9.70. The lowest BCUT2D eigenvalue weighted by Gasteiger charge is -2.08. The number of benzene rings is 1. The van der Waals surface area contributed by atoms with Gasteiger partial charge in [0.25, 0.3) is 5.88 Å². The van der Waals surface area contributed by atoms with Crippen molar-refractivity contribution < 1.29 is 13.9 Å². The second-order valence-corrected chi connectivity index (χ2v) is 3.60. The van der Waals surface area contributed by atoms with Crippen molar-refractivity contribution >= 4 is 5.95 Å². The molecule has 0 fully saturated rings. The molecule has 0 bridgehead atoms. The molecule has 7 nitrogen and oxygen atoms in total. The molecule has 0 aliphatic heterocycles. The van der Waals surface area contributed by atoms with E-state index < -0.39 is 5.82 Å². The van der Waals surface area contributed by atoms with Gasteiger partial charge >= 0.3 is 0 Å². The summed E-state index contributed by atoms with van der Waals surface area (Å²) in [5.41, 5.74) is 2.49. The van der Waals surface area contributed by atoms with Gasteiger partial charge in [-0.05, 0) is 12.1 Å². The van der Waals surface area contributed by atoms with Gasteiger partial charge < -0.3 is 9.47 Å². The van der Waals surface area contributed by atoms with E-state index in [1.165, 1.54) is 25.3 Å². The van der Waals surface area contributed by atoms with Crippen molar-refractivity contribution in [3.05, 3.63) is 35.8 Å². The average molecular weight is 275 g/mol. The van der Waals surface area contributed by atoms with Crippen molar-refractivity contribution in [3.63, 3.8) is 0 Å². The van der Waals surface area contributed by atoms with E-state index in [-0.39, 0.29) is 17.6 Å². The number of nitrogens with two attached hydrogens (primary N) is 1. The predicted molar refractivity (Wildman–Crippen MR) is 67.6 cm³/mol. The van der Waals surface area contributed by atoms with Gasteiger partial charge in [0.2, 0.25) is 11.8 Å². The number of hydrogen-bond donors (Lipinski definition) is 2. The Bertz CT molecular complexity index is 671. The van der Waals surface area contributed by atoms with Gasteiger partial charge in [-0.2, -0.15) is 14.6 Å². The lowest BCUT2D eigenvalue weighted by Crippen LogP contribution is -2.11. The average Bonchev–Trinajstić information content (AvgIpc) is 2.49. The van der Waals surface area contributed by atoms with Crippen LogP contribution in [0, 0.1) is 17.1 Å². The first-order valence-electron chi connectivity index (χ1n) is 5.42. The topological polar surface area (TPSA) is 106 Å². The fourth-order valence-electron chi connectivity index (χ4n) is 1.42. The Morgan fingerprint density at radius 2 is 2.10 bits per heavy atom. The van der Waals surface area contributed by atoms with Crippen molar-refractivity contribution in [1.29, 1.82) is 5.26 Å². The lowest BCUT2D eigenvalue weighted by atomic mass is 10.2. The fourth-order valence-corrected chi connectivity index (χ4v) is 1.42. The highest BCUT2D eigenvalue weighted by Gasteiger charge is 2.10. The predicted octanol–water partition coefficient (Wildman–Crippen LogP) is 1.57. The number of methoxy groups -OCH3 is 1. The second kappa shape index (κ2) is 5.81. The number of anilines is 1. The first-order chi connectivity index (χ1) is 9.66. The quantitative estimate of drug-likeness (QED) is 0.644. The molecule has 0 saturated carbocycles. The molecule has 0 saturated heterocycles. The Kier molecular flexibility index (Phi) is 3.93. The summed E-state index contributed by atoms with van der Waals surface area (Å²) in [7, 11) is 1.45. The molecular weight excluding hydrogens is 265 g/mol. The first kappa shape index (κ1) is 13.5. The summed E-state index contributed by atoms with van der Waals surface area (Å²) >= 11 is 0. The Labute approximate surface area is 113 Å². The van der Waals surface area contributed by atoms with Crippen LogP contribution in [0.15, 0.2) is 24.4 Å². The summed E-state index contributed by atoms with van der Waals surface area (Å²) < 4.78 is 23.8. The van der Waals surface area contributed by atoms with Gasteiger partial charge in [-0.15, -0.1) is 0 Å². The zero-order chi connectivity index (χ0) is 14.5. The number of nitrogens with zero attached hydrogens (tertiary/aromatic N) is 3. The van der Waals surface area contributed by atoms with Crippen molar-refractivity contribution in [2.24, 2.45) is 5.84 Å². The molecule has 0 aliphatic carbocycles. The van der Waals surface area contributed by atoms with Gasteiger partial charge in [0.05, 0.1) is 24.9 Å². The summed E-state index contributed by atoms with van der Waals surface area (Å²) in [5.74, 6) is 4.69. The molecule has 0 amide bonds.